The highest BCUT2D eigenvalue weighted by atomic mass is 16.2. The van der Waals surface area contributed by atoms with Crippen molar-refractivity contribution in [1.82, 2.24) is 20.0 Å². The van der Waals surface area contributed by atoms with Crippen LogP contribution in [-0.2, 0) is 0 Å². The van der Waals surface area contributed by atoms with Crippen LogP contribution in [0.5, 0.6) is 0 Å². The summed E-state index contributed by atoms with van der Waals surface area (Å²) in [6.07, 6.45) is 6.80. The molecule has 0 fully saturated rings. The zero-order chi connectivity index (χ0) is 17.4. The molecule has 2 heterocycles. The molecule has 0 unspecified atom stereocenters. The van der Waals surface area contributed by atoms with Crippen molar-refractivity contribution < 1.29 is 9.59 Å². The zero-order valence-electron chi connectivity index (χ0n) is 14.5. The van der Waals surface area contributed by atoms with Crippen LogP contribution in [0.3, 0.4) is 0 Å². The van der Waals surface area contributed by atoms with Gasteiger partial charge in [-0.1, -0.05) is 39.2 Å². The van der Waals surface area contributed by atoms with E-state index in [2.05, 4.69) is 29.5 Å². The highest BCUT2D eigenvalue weighted by Crippen LogP contribution is 2.13. The van der Waals surface area contributed by atoms with Gasteiger partial charge in [-0.2, -0.15) is 0 Å². The number of imidazole rings is 1. The number of pyridine rings is 1. The van der Waals surface area contributed by atoms with Crippen LogP contribution >= 0.6 is 0 Å². The minimum atomic E-state index is -0.255. The fraction of sp³-hybridized carbons (Fsp3) is 0.500. The molecule has 6 heteroatoms. The van der Waals surface area contributed by atoms with Gasteiger partial charge in [-0.25, -0.2) is 4.98 Å². The second-order valence-corrected chi connectivity index (χ2v) is 5.81. The summed E-state index contributed by atoms with van der Waals surface area (Å²) in [5.74, 6) is -0.238. The van der Waals surface area contributed by atoms with Crippen molar-refractivity contribution in [3.8, 4) is 0 Å². The average molecular weight is 330 g/mol. The fourth-order valence-corrected chi connectivity index (χ4v) is 2.48. The molecule has 0 atom stereocenters. The number of aromatic nitrogens is 2. The first-order chi connectivity index (χ1) is 11.7. The van der Waals surface area contributed by atoms with E-state index in [0.29, 0.717) is 24.3 Å². The summed E-state index contributed by atoms with van der Waals surface area (Å²) in [6.45, 7) is 5.42. The molecule has 0 aromatic carbocycles. The maximum atomic E-state index is 12.4. The summed E-state index contributed by atoms with van der Waals surface area (Å²) in [5, 5.41) is 5.73. The topological polar surface area (TPSA) is 75.5 Å². The molecule has 0 saturated heterocycles. The molecule has 0 aliphatic heterocycles. The summed E-state index contributed by atoms with van der Waals surface area (Å²) in [6, 6.07) is 5.46. The van der Waals surface area contributed by atoms with E-state index >= 15 is 0 Å². The molecule has 0 radical (unpaired) electrons. The predicted octanol–water partition coefficient (Wildman–Crippen LogP) is 2.78. The molecule has 2 aromatic rings. The first-order valence-corrected chi connectivity index (χ1v) is 8.72. The number of nitrogens with zero attached hydrogens (tertiary/aromatic N) is 2. The minimum Gasteiger partial charge on any atom is -0.351 e. The van der Waals surface area contributed by atoms with E-state index in [1.807, 2.05) is 12.1 Å². The van der Waals surface area contributed by atoms with E-state index < -0.39 is 0 Å². The van der Waals surface area contributed by atoms with E-state index in [1.165, 1.54) is 0 Å². The zero-order valence-corrected chi connectivity index (χ0v) is 14.5. The van der Waals surface area contributed by atoms with Gasteiger partial charge in [0.15, 0.2) is 5.69 Å². The van der Waals surface area contributed by atoms with Crippen molar-refractivity contribution >= 4 is 17.3 Å². The molecule has 130 valence electrons. The lowest BCUT2D eigenvalue weighted by Gasteiger charge is -2.03. The number of carbonyl (C=O) groups excluding carboxylic acids is 2. The molecule has 0 saturated carbocycles. The third-order valence-electron chi connectivity index (χ3n) is 3.85. The smallest absolute Gasteiger partial charge is 0.287 e. The van der Waals surface area contributed by atoms with Crippen LogP contribution in [0.1, 0.15) is 67.1 Å². The summed E-state index contributed by atoms with van der Waals surface area (Å²) in [7, 11) is 0. The van der Waals surface area contributed by atoms with Crippen LogP contribution in [-0.4, -0.2) is 34.3 Å². The summed E-state index contributed by atoms with van der Waals surface area (Å²) >= 11 is 0. The molecule has 0 aliphatic rings. The molecule has 2 rings (SSSR count). The Balaban J connectivity index is 2.18. The Morgan fingerprint density at radius 3 is 2.46 bits per heavy atom. The van der Waals surface area contributed by atoms with Crippen molar-refractivity contribution in [2.75, 3.05) is 13.1 Å². The second-order valence-electron chi connectivity index (χ2n) is 5.81. The van der Waals surface area contributed by atoms with Gasteiger partial charge >= 0.3 is 0 Å². The fourth-order valence-electron chi connectivity index (χ4n) is 2.48. The highest BCUT2D eigenvalue weighted by molar-refractivity contribution is 6.02. The minimum absolute atomic E-state index is 0.234. The van der Waals surface area contributed by atoms with Crippen LogP contribution in [0.25, 0.3) is 5.52 Å². The van der Waals surface area contributed by atoms with Gasteiger partial charge in [0.2, 0.25) is 5.82 Å². The number of hydrogen-bond acceptors (Lipinski definition) is 3. The molecule has 0 spiro atoms. The monoisotopic (exact) mass is 330 g/mol. The van der Waals surface area contributed by atoms with E-state index in [1.54, 1.807) is 16.7 Å². The average Bonchev–Trinajstić information content (AvgIpc) is 2.98. The highest BCUT2D eigenvalue weighted by Gasteiger charge is 2.20. The van der Waals surface area contributed by atoms with Crippen LogP contribution in [0.4, 0.5) is 0 Å². The molecular formula is C18H26N4O2. The van der Waals surface area contributed by atoms with Gasteiger partial charge in [0.1, 0.15) is 0 Å². The lowest BCUT2D eigenvalue weighted by atomic mass is 10.2. The normalized spacial score (nSPS) is 10.8. The second kappa shape index (κ2) is 9.05. The number of nitrogens with one attached hydrogen (secondary N) is 2. The first-order valence-electron chi connectivity index (χ1n) is 8.72. The Kier molecular flexibility index (Phi) is 6.78. The summed E-state index contributed by atoms with van der Waals surface area (Å²) in [4.78, 5) is 29.0. The number of unbranched alkanes of at least 4 members (excludes halogenated alkanes) is 3. The number of rotatable bonds is 9. The Morgan fingerprint density at radius 1 is 1.00 bits per heavy atom. The number of carbonyl (C=O) groups is 2. The van der Waals surface area contributed by atoms with Crippen molar-refractivity contribution in [3.63, 3.8) is 0 Å². The Morgan fingerprint density at radius 2 is 1.71 bits per heavy atom. The SMILES string of the molecule is CCCCCNC(=O)c1nc(C(=O)NCCCC)n2ccccc12. The largest absolute Gasteiger partial charge is 0.351 e. The molecule has 2 aromatic heterocycles. The van der Waals surface area contributed by atoms with Gasteiger partial charge in [-0.15, -0.1) is 0 Å². The van der Waals surface area contributed by atoms with Gasteiger partial charge < -0.3 is 10.6 Å². The van der Waals surface area contributed by atoms with Gasteiger partial charge in [0.05, 0.1) is 5.52 Å². The number of amides is 2. The molecule has 2 N–H and O–H groups in total. The molecule has 6 nitrogen and oxygen atoms in total. The predicted molar refractivity (Wildman–Crippen MR) is 94.3 cm³/mol. The molecule has 0 bridgehead atoms. The third-order valence-corrected chi connectivity index (χ3v) is 3.85. The van der Waals surface area contributed by atoms with E-state index in [0.717, 1.165) is 32.1 Å². The maximum Gasteiger partial charge on any atom is 0.287 e. The Labute approximate surface area is 142 Å². The van der Waals surface area contributed by atoms with E-state index in [9.17, 15) is 9.59 Å². The van der Waals surface area contributed by atoms with Gasteiger partial charge in [-0.05, 0) is 25.0 Å². The Bertz CT molecular complexity index is 693. The van der Waals surface area contributed by atoms with Crippen molar-refractivity contribution in [2.24, 2.45) is 0 Å². The molecule has 2 amide bonds. The molecule has 24 heavy (non-hydrogen) atoms. The number of hydrogen-bond donors (Lipinski definition) is 2. The van der Waals surface area contributed by atoms with Crippen LogP contribution in [0.15, 0.2) is 24.4 Å². The van der Waals surface area contributed by atoms with Gasteiger partial charge in [0, 0.05) is 19.3 Å². The van der Waals surface area contributed by atoms with Crippen molar-refractivity contribution in [3.05, 3.63) is 35.9 Å². The molecular weight excluding hydrogens is 304 g/mol. The van der Waals surface area contributed by atoms with Gasteiger partial charge in [-0.3, -0.25) is 14.0 Å². The standard InChI is InChI=1S/C18H26N4O2/c1-3-5-8-12-19-17(23)15-14-10-7-9-13-22(14)16(21-15)18(24)20-11-6-4-2/h7,9-10,13H,3-6,8,11-12H2,1-2H3,(H,19,23)(H,20,24). The van der Waals surface area contributed by atoms with Crippen molar-refractivity contribution in [2.45, 2.75) is 46.0 Å². The quantitative estimate of drug-likeness (QED) is 0.694. The Hall–Kier alpha value is -2.37. The summed E-state index contributed by atoms with van der Waals surface area (Å²) < 4.78 is 1.67. The number of fused-ring (bicyclic) bond motifs is 1. The molecule has 0 aliphatic carbocycles. The van der Waals surface area contributed by atoms with Crippen LogP contribution in [0.2, 0.25) is 0 Å². The van der Waals surface area contributed by atoms with Crippen LogP contribution < -0.4 is 10.6 Å². The first kappa shape index (κ1) is 18.0. The van der Waals surface area contributed by atoms with Gasteiger partial charge in [0.25, 0.3) is 11.8 Å². The maximum absolute atomic E-state index is 12.4. The lowest BCUT2D eigenvalue weighted by molar-refractivity contribution is 0.0942. The third kappa shape index (κ3) is 4.34. The summed E-state index contributed by atoms with van der Waals surface area (Å²) in [5.41, 5.74) is 0.943. The van der Waals surface area contributed by atoms with E-state index in [-0.39, 0.29) is 17.6 Å². The van der Waals surface area contributed by atoms with Crippen LogP contribution in [0, 0.1) is 0 Å². The lowest BCUT2D eigenvalue weighted by Crippen LogP contribution is -2.27. The van der Waals surface area contributed by atoms with E-state index in [4.69, 9.17) is 0 Å². The van der Waals surface area contributed by atoms with Crippen molar-refractivity contribution in [1.29, 1.82) is 0 Å².